The van der Waals surface area contributed by atoms with Crippen LogP contribution in [0.25, 0.3) is 11.1 Å². The first-order chi connectivity index (χ1) is 16.7. The van der Waals surface area contributed by atoms with Gasteiger partial charge in [-0.1, -0.05) is 36.4 Å². The van der Waals surface area contributed by atoms with Gasteiger partial charge < -0.3 is 21.5 Å². The Bertz CT molecular complexity index is 1280. The molecule has 1 fully saturated rings. The quantitative estimate of drug-likeness (QED) is 0.457. The average molecular weight is 477 g/mol. The smallest absolute Gasteiger partial charge is 0.414 e. The number of benzene rings is 3. The fourth-order valence-corrected chi connectivity index (χ4v) is 3.90. The summed E-state index contributed by atoms with van der Waals surface area (Å²) in [5.41, 5.74) is 14.5. The molecule has 180 valence electrons. The van der Waals surface area contributed by atoms with Crippen LogP contribution in [0.3, 0.4) is 0 Å². The summed E-state index contributed by atoms with van der Waals surface area (Å²) in [7, 11) is 0. The molecule has 0 aliphatic carbocycles. The second-order valence-corrected chi connectivity index (χ2v) is 8.29. The van der Waals surface area contributed by atoms with Crippen molar-refractivity contribution in [2.45, 2.75) is 25.6 Å². The Morgan fingerprint density at radius 3 is 2.51 bits per heavy atom. The van der Waals surface area contributed by atoms with Gasteiger partial charge in [-0.2, -0.15) is 0 Å². The number of amides is 2. The number of carbonyl (C=O) groups excluding carboxylic acids is 3. The van der Waals surface area contributed by atoms with Gasteiger partial charge in [-0.15, -0.1) is 0 Å². The van der Waals surface area contributed by atoms with E-state index in [2.05, 4.69) is 5.32 Å². The predicted molar refractivity (Wildman–Crippen MR) is 130 cm³/mol. The SMILES string of the molecule is CC(=O)[C@@H](N)C1CN(c2ccc(-c3ccc(CNc4ccccc4C(N)=O)cc3)c(F)c2)C(=O)O1. The Balaban J connectivity index is 1.45. The molecule has 0 bridgehead atoms. The van der Waals surface area contributed by atoms with Crippen molar-refractivity contribution >= 4 is 29.2 Å². The number of hydrogen-bond acceptors (Lipinski definition) is 6. The van der Waals surface area contributed by atoms with Crippen molar-refractivity contribution in [2.24, 2.45) is 11.5 Å². The fourth-order valence-electron chi connectivity index (χ4n) is 3.90. The standard InChI is InChI=1S/C26H25FN4O4/c1-15(32)24(28)23-14-31(26(34)35-23)18-10-11-19(21(27)12-18)17-8-6-16(7-9-17)13-30-22-5-3-2-4-20(22)25(29)33/h2-12,23-24,30H,13-14,28H2,1H3,(H2,29,33)/t23?,24-/m1/s1. The number of cyclic esters (lactones) is 1. The number of Topliss-reactive ketones (excluding diaryl/α,β-unsaturated/α-hetero) is 1. The first-order valence-electron chi connectivity index (χ1n) is 11.0. The molecule has 2 amide bonds. The third-order valence-corrected chi connectivity index (χ3v) is 5.91. The molecule has 9 heteroatoms. The minimum atomic E-state index is -0.926. The summed E-state index contributed by atoms with van der Waals surface area (Å²) >= 11 is 0. The van der Waals surface area contributed by atoms with Gasteiger partial charge in [0.2, 0.25) is 0 Å². The number of nitrogens with zero attached hydrogens (tertiary/aromatic N) is 1. The molecule has 3 aromatic rings. The van der Waals surface area contributed by atoms with Crippen LogP contribution in [0.1, 0.15) is 22.8 Å². The van der Waals surface area contributed by atoms with Crippen LogP contribution >= 0.6 is 0 Å². The number of para-hydroxylation sites is 1. The fraction of sp³-hybridized carbons (Fsp3) is 0.192. The highest BCUT2D eigenvalue weighted by Crippen LogP contribution is 2.30. The van der Waals surface area contributed by atoms with Crippen LogP contribution in [0, 0.1) is 5.82 Å². The number of anilines is 2. The molecule has 1 aliphatic heterocycles. The van der Waals surface area contributed by atoms with Gasteiger partial charge in [0.1, 0.15) is 23.7 Å². The number of rotatable bonds is 8. The number of ether oxygens (including phenoxy) is 1. The Labute approximate surface area is 201 Å². The Morgan fingerprint density at radius 2 is 1.86 bits per heavy atom. The molecular weight excluding hydrogens is 451 g/mol. The lowest BCUT2D eigenvalue weighted by Gasteiger charge is -2.16. The topological polar surface area (TPSA) is 128 Å². The monoisotopic (exact) mass is 476 g/mol. The third kappa shape index (κ3) is 5.15. The summed E-state index contributed by atoms with van der Waals surface area (Å²) < 4.78 is 20.2. The van der Waals surface area contributed by atoms with E-state index in [1.54, 1.807) is 42.5 Å². The molecule has 1 aliphatic rings. The zero-order chi connectivity index (χ0) is 25.1. The highest BCUT2D eigenvalue weighted by molar-refractivity contribution is 5.98. The molecule has 4 rings (SSSR count). The van der Waals surface area contributed by atoms with E-state index in [4.69, 9.17) is 16.2 Å². The molecule has 0 spiro atoms. The van der Waals surface area contributed by atoms with Crippen molar-refractivity contribution in [3.8, 4) is 11.1 Å². The van der Waals surface area contributed by atoms with Crippen LogP contribution in [0.4, 0.5) is 20.6 Å². The van der Waals surface area contributed by atoms with Gasteiger partial charge in [0, 0.05) is 17.8 Å². The van der Waals surface area contributed by atoms with Crippen LogP contribution in [-0.4, -0.2) is 36.5 Å². The molecular formula is C26H25FN4O4. The number of carbonyl (C=O) groups is 3. The second kappa shape index (κ2) is 9.94. The van der Waals surface area contributed by atoms with Crippen molar-refractivity contribution < 1.29 is 23.5 Å². The molecule has 8 nitrogen and oxygen atoms in total. The number of nitrogens with one attached hydrogen (secondary N) is 1. The molecule has 35 heavy (non-hydrogen) atoms. The predicted octanol–water partition coefficient (Wildman–Crippen LogP) is 3.45. The van der Waals surface area contributed by atoms with Crippen LogP contribution in [0.2, 0.25) is 0 Å². The lowest BCUT2D eigenvalue weighted by molar-refractivity contribution is -0.120. The molecule has 1 heterocycles. The third-order valence-electron chi connectivity index (χ3n) is 5.91. The summed E-state index contributed by atoms with van der Waals surface area (Å²) in [6.45, 7) is 1.85. The Hall–Kier alpha value is -4.24. The maximum atomic E-state index is 15.0. The zero-order valence-electron chi connectivity index (χ0n) is 19.0. The van der Waals surface area contributed by atoms with E-state index < -0.39 is 30.0 Å². The second-order valence-electron chi connectivity index (χ2n) is 8.29. The first-order valence-corrected chi connectivity index (χ1v) is 11.0. The Morgan fingerprint density at radius 1 is 1.14 bits per heavy atom. The van der Waals surface area contributed by atoms with Crippen molar-refractivity contribution in [3.63, 3.8) is 0 Å². The largest absolute Gasteiger partial charge is 0.442 e. The van der Waals surface area contributed by atoms with Crippen molar-refractivity contribution in [1.29, 1.82) is 0 Å². The Kier molecular flexibility index (Phi) is 6.79. The van der Waals surface area contributed by atoms with Crippen LogP contribution in [0.5, 0.6) is 0 Å². The highest BCUT2D eigenvalue weighted by atomic mass is 19.1. The van der Waals surface area contributed by atoms with Gasteiger partial charge >= 0.3 is 6.09 Å². The maximum absolute atomic E-state index is 15.0. The summed E-state index contributed by atoms with van der Waals surface area (Å²) in [5.74, 6) is -1.31. The van der Waals surface area contributed by atoms with Gasteiger partial charge in [0.15, 0.2) is 0 Å². The van der Waals surface area contributed by atoms with Gasteiger partial charge in [0.25, 0.3) is 5.91 Å². The van der Waals surface area contributed by atoms with Gasteiger partial charge in [-0.25, -0.2) is 9.18 Å². The van der Waals surface area contributed by atoms with E-state index in [0.717, 1.165) is 5.56 Å². The van der Waals surface area contributed by atoms with Gasteiger partial charge in [-0.05, 0) is 48.4 Å². The number of halogens is 1. The summed E-state index contributed by atoms with van der Waals surface area (Å²) in [6.07, 6.45) is -1.45. The van der Waals surface area contributed by atoms with Crippen LogP contribution in [0.15, 0.2) is 66.7 Å². The molecule has 3 aromatic carbocycles. The van der Waals surface area contributed by atoms with Crippen molar-refractivity contribution in [2.75, 3.05) is 16.8 Å². The average Bonchev–Trinajstić information content (AvgIpc) is 3.24. The summed E-state index contributed by atoms with van der Waals surface area (Å²) in [4.78, 5) is 36.5. The number of hydrogen-bond donors (Lipinski definition) is 3. The van der Waals surface area contributed by atoms with Crippen molar-refractivity contribution in [3.05, 3.63) is 83.7 Å². The molecule has 1 unspecified atom stereocenters. The van der Waals surface area contributed by atoms with E-state index in [-0.39, 0.29) is 12.3 Å². The minimum Gasteiger partial charge on any atom is -0.442 e. The molecule has 0 aromatic heterocycles. The number of primary amides is 1. The van der Waals surface area contributed by atoms with Crippen molar-refractivity contribution in [1.82, 2.24) is 0 Å². The number of ketones is 1. The van der Waals surface area contributed by atoms with E-state index in [1.807, 2.05) is 18.2 Å². The van der Waals surface area contributed by atoms with E-state index >= 15 is 0 Å². The zero-order valence-corrected chi connectivity index (χ0v) is 19.0. The van der Waals surface area contributed by atoms with Gasteiger partial charge in [-0.3, -0.25) is 14.5 Å². The minimum absolute atomic E-state index is 0.0684. The molecule has 5 N–H and O–H groups in total. The molecule has 1 saturated heterocycles. The molecule has 0 saturated carbocycles. The summed E-state index contributed by atoms with van der Waals surface area (Å²) in [5, 5.41) is 3.19. The molecule has 2 atom stereocenters. The first kappa shape index (κ1) is 23.9. The lowest BCUT2D eigenvalue weighted by Crippen LogP contribution is -2.43. The van der Waals surface area contributed by atoms with Crippen LogP contribution in [-0.2, 0) is 16.1 Å². The normalized spacial score (nSPS) is 16.0. The number of nitrogens with two attached hydrogens (primary N) is 2. The van der Waals surface area contributed by atoms with Gasteiger partial charge in [0.05, 0.1) is 17.8 Å². The van der Waals surface area contributed by atoms with Crippen LogP contribution < -0.4 is 21.7 Å². The van der Waals surface area contributed by atoms with E-state index in [0.29, 0.717) is 34.6 Å². The molecule has 0 radical (unpaired) electrons. The maximum Gasteiger partial charge on any atom is 0.414 e. The highest BCUT2D eigenvalue weighted by Gasteiger charge is 2.37. The van der Waals surface area contributed by atoms with E-state index in [9.17, 15) is 18.8 Å². The van der Waals surface area contributed by atoms with E-state index in [1.165, 1.54) is 17.9 Å². The lowest BCUT2D eigenvalue weighted by atomic mass is 10.0. The summed E-state index contributed by atoms with van der Waals surface area (Å²) in [6, 6.07) is 17.8.